The Bertz CT molecular complexity index is 696. The molecule has 0 aromatic heterocycles. The van der Waals surface area contributed by atoms with Gasteiger partial charge >= 0.3 is 5.97 Å². The molecular formula is C17H23NO5S. The summed E-state index contributed by atoms with van der Waals surface area (Å²) in [6, 6.07) is 6.57. The molecule has 0 N–H and O–H groups in total. The van der Waals surface area contributed by atoms with E-state index in [0.717, 1.165) is 5.56 Å². The van der Waals surface area contributed by atoms with E-state index < -0.39 is 15.8 Å². The fourth-order valence-electron chi connectivity index (χ4n) is 2.76. The molecule has 1 aromatic carbocycles. The zero-order chi connectivity index (χ0) is 17.7. The fraction of sp³-hybridized carbons (Fsp3) is 0.529. The molecule has 0 spiro atoms. The van der Waals surface area contributed by atoms with Crippen LogP contribution in [-0.2, 0) is 19.4 Å². The van der Waals surface area contributed by atoms with Crippen molar-refractivity contribution < 1.29 is 22.7 Å². The van der Waals surface area contributed by atoms with Gasteiger partial charge in [0.25, 0.3) is 5.91 Å². The second-order valence-corrected chi connectivity index (χ2v) is 8.31. The van der Waals surface area contributed by atoms with E-state index in [1.165, 1.54) is 4.90 Å². The lowest BCUT2D eigenvalue weighted by molar-refractivity contribution is -0.136. The first-order valence-corrected chi connectivity index (χ1v) is 9.88. The van der Waals surface area contributed by atoms with Gasteiger partial charge in [0.05, 0.1) is 17.1 Å². The molecule has 1 aliphatic heterocycles. The van der Waals surface area contributed by atoms with Crippen LogP contribution in [0.1, 0.15) is 35.7 Å². The smallest absolute Gasteiger partial charge is 0.338 e. The van der Waals surface area contributed by atoms with Crippen LogP contribution in [0, 0.1) is 6.92 Å². The Balaban J connectivity index is 1.95. The van der Waals surface area contributed by atoms with Gasteiger partial charge in [-0.3, -0.25) is 4.79 Å². The van der Waals surface area contributed by atoms with Crippen LogP contribution in [0.15, 0.2) is 24.3 Å². The molecule has 1 atom stereocenters. The molecule has 0 aliphatic carbocycles. The Morgan fingerprint density at radius 1 is 1.25 bits per heavy atom. The summed E-state index contributed by atoms with van der Waals surface area (Å²) in [7, 11) is -3.07. The first-order valence-electron chi connectivity index (χ1n) is 8.06. The molecule has 1 heterocycles. The predicted molar refractivity (Wildman–Crippen MR) is 90.5 cm³/mol. The summed E-state index contributed by atoms with van der Waals surface area (Å²) in [4.78, 5) is 25.9. The standard InChI is InChI=1S/C17H23NO5S/c1-3-9-18(15-8-10-24(21,22)12-15)16(19)11-23-17(20)14-6-4-13(2)5-7-14/h4-7,15H,3,8-12H2,1-2H3/t15-/m0/s1. The lowest BCUT2D eigenvalue weighted by Gasteiger charge is -2.27. The second kappa shape index (κ2) is 7.79. The van der Waals surface area contributed by atoms with Gasteiger partial charge in [-0.1, -0.05) is 24.6 Å². The molecule has 1 amide bonds. The van der Waals surface area contributed by atoms with Crippen LogP contribution in [-0.4, -0.2) is 55.9 Å². The molecule has 1 aromatic rings. The van der Waals surface area contributed by atoms with E-state index in [2.05, 4.69) is 0 Å². The van der Waals surface area contributed by atoms with E-state index in [1.54, 1.807) is 24.3 Å². The van der Waals surface area contributed by atoms with E-state index in [-0.39, 0.29) is 30.1 Å². The molecule has 0 saturated carbocycles. The number of hydrogen-bond acceptors (Lipinski definition) is 5. The van der Waals surface area contributed by atoms with Gasteiger partial charge in [-0.25, -0.2) is 13.2 Å². The van der Waals surface area contributed by atoms with Crippen LogP contribution in [0.25, 0.3) is 0 Å². The molecule has 0 bridgehead atoms. The maximum absolute atomic E-state index is 12.4. The van der Waals surface area contributed by atoms with Crippen molar-refractivity contribution in [1.82, 2.24) is 4.90 Å². The van der Waals surface area contributed by atoms with E-state index in [9.17, 15) is 18.0 Å². The van der Waals surface area contributed by atoms with E-state index in [0.29, 0.717) is 24.9 Å². The number of ether oxygens (including phenoxy) is 1. The summed E-state index contributed by atoms with van der Waals surface area (Å²) >= 11 is 0. The molecule has 24 heavy (non-hydrogen) atoms. The van der Waals surface area contributed by atoms with Crippen molar-refractivity contribution >= 4 is 21.7 Å². The van der Waals surface area contributed by atoms with Gasteiger partial charge in [0.2, 0.25) is 0 Å². The molecule has 6 nitrogen and oxygen atoms in total. The average Bonchev–Trinajstić information content (AvgIpc) is 2.90. The number of carbonyl (C=O) groups is 2. The number of rotatable bonds is 6. The Hall–Kier alpha value is -1.89. The van der Waals surface area contributed by atoms with Gasteiger partial charge in [-0.05, 0) is 31.9 Å². The Morgan fingerprint density at radius 2 is 1.92 bits per heavy atom. The van der Waals surface area contributed by atoms with Crippen LogP contribution in [0.2, 0.25) is 0 Å². The number of hydrogen-bond donors (Lipinski definition) is 0. The fourth-order valence-corrected chi connectivity index (χ4v) is 4.49. The van der Waals surface area contributed by atoms with Crippen molar-refractivity contribution in [2.45, 2.75) is 32.7 Å². The molecular weight excluding hydrogens is 330 g/mol. The maximum Gasteiger partial charge on any atom is 0.338 e. The van der Waals surface area contributed by atoms with E-state index in [1.807, 2.05) is 13.8 Å². The topological polar surface area (TPSA) is 80.8 Å². The first kappa shape index (κ1) is 18.4. The third-order valence-electron chi connectivity index (χ3n) is 4.05. The molecule has 7 heteroatoms. The summed E-state index contributed by atoms with van der Waals surface area (Å²) in [6.45, 7) is 3.92. The number of aryl methyl sites for hydroxylation is 1. The predicted octanol–water partition coefficient (Wildman–Crippen LogP) is 1.58. The molecule has 1 saturated heterocycles. The highest BCUT2D eigenvalue weighted by Gasteiger charge is 2.34. The SMILES string of the molecule is CCCN(C(=O)COC(=O)c1ccc(C)cc1)[C@H]1CCS(=O)(=O)C1. The first-order chi connectivity index (χ1) is 11.3. The van der Waals surface area contributed by atoms with Crippen LogP contribution in [0.4, 0.5) is 0 Å². The van der Waals surface area contributed by atoms with Crippen molar-refractivity contribution in [3.05, 3.63) is 35.4 Å². The van der Waals surface area contributed by atoms with Crippen molar-refractivity contribution in [2.24, 2.45) is 0 Å². The summed E-state index contributed by atoms with van der Waals surface area (Å²) in [5.41, 5.74) is 1.41. The van der Waals surface area contributed by atoms with Gasteiger partial charge < -0.3 is 9.64 Å². The number of benzene rings is 1. The highest BCUT2D eigenvalue weighted by atomic mass is 32.2. The lowest BCUT2D eigenvalue weighted by Crippen LogP contribution is -2.43. The van der Waals surface area contributed by atoms with Gasteiger partial charge in [0.15, 0.2) is 16.4 Å². The normalized spacial score (nSPS) is 19.0. The number of carbonyl (C=O) groups excluding carboxylic acids is 2. The largest absolute Gasteiger partial charge is 0.452 e. The number of amides is 1. The van der Waals surface area contributed by atoms with Gasteiger partial charge in [0, 0.05) is 12.6 Å². The van der Waals surface area contributed by atoms with Crippen molar-refractivity contribution in [1.29, 1.82) is 0 Å². The summed E-state index contributed by atoms with van der Waals surface area (Å²) in [6.07, 6.45) is 1.16. The third kappa shape index (κ3) is 4.80. The Morgan fingerprint density at radius 3 is 2.46 bits per heavy atom. The van der Waals surface area contributed by atoms with Crippen molar-refractivity contribution in [3.63, 3.8) is 0 Å². The number of sulfone groups is 1. The van der Waals surface area contributed by atoms with Gasteiger partial charge in [0.1, 0.15) is 0 Å². The molecule has 1 aliphatic rings. The quantitative estimate of drug-likeness (QED) is 0.725. The molecule has 0 radical (unpaired) electrons. The van der Waals surface area contributed by atoms with Crippen LogP contribution < -0.4 is 0 Å². The molecule has 132 valence electrons. The van der Waals surface area contributed by atoms with Crippen LogP contribution in [0.3, 0.4) is 0 Å². The summed E-state index contributed by atoms with van der Waals surface area (Å²) < 4.78 is 28.3. The summed E-state index contributed by atoms with van der Waals surface area (Å²) in [5, 5.41) is 0. The monoisotopic (exact) mass is 353 g/mol. The van der Waals surface area contributed by atoms with Crippen molar-refractivity contribution in [3.8, 4) is 0 Å². The lowest BCUT2D eigenvalue weighted by atomic mass is 10.1. The van der Waals surface area contributed by atoms with Crippen molar-refractivity contribution in [2.75, 3.05) is 24.7 Å². The zero-order valence-corrected chi connectivity index (χ0v) is 14.8. The number of esters is 1. The minimum atomic E-state index is -3.07. The van der Waals surface area contributed by atoms with Crippen LogP contribution in [0.5, 0.6) is 0 Å². The Kier molecular flexibility index (Phi) is 5.99. The van der Waals surface area contributed by atoms with Crippen LogP contribution >= 0.6 is 0 Å². The van der Waals surface area contributed by atoms with Gasteiger partial charge in [-0.2, -0.15) is 0 Å². The maximum atomic E-state index is 12.4. The minimum absolute atomic E-state index is 0.00928. The zero-order valence-electron chi connectivity index (χ0n) is 14.0. The van der Waals surface area contributed by atoms with E-state index in [4.69, 9.17) is 4.74 Å². The minimum Gasteiger partial charge on any atom is -0.452 e. The highest BCUT2D eigenvalue weighted by Crippen LogP contribution is 2.18. The average molecular weight is 353 g/mol. The van der Waals surface area contributed by atoms with Gasteiger partial charge in [-0.15, -0.1) is 0 Å². The molecule has 2 rings (SSSR count). The number of nitrogens with zero attached hydrogens (tertiary/aromatic N) is 1. The third-order valence-corrected chi connectivity index (χ3v) is 5.80. The molecule has 0 unspecified atom stereocenters. The summed E-state index contributed by atoms with van der Waals surface area (Å²) in [5.74, 6) is -0.808. The Labute approximate surface area is 142 Å². The molecule has 1 fully saturated rings. The highest BCUT2D eigenvalue weighted by molar-refractivity contribution is 7.91. The van der Waals surface area contributed by atoms with E-state index >= 15 is 0 Å². The second-order valence-electron chi connectivity index (χ2n) is 6.09.